The van der Waals surface area contributed by atoms with Crippen molar-refractivity contribution in [2.45, 2.75) is 17.7 Å². The Morgan fingerprint density at radius 2 is 1.52 bits per heavy atom. The van der Waals surface area contributed by atoms with E-state index in [1.807, 2.05) is 30.3 Å². The summed E-state index contributed by atoms with van der Waals surface area (Å²) in [5.41, 5.74) is 7.21. The third-order valence-corrected chi connectivity index (χ3v) is 4.43. The number of nitrogens with one attached hydrogen (secondary N) is 1. The smallest absolute Gasteiger partial charge is 0.248 e. The SMILES string of the molecule is NC(=O)c1ccccc1.NSc1ccc(NC(=O)CCc2ccc(F)cc2)cc1. The van der Waals surface area contributed by atoms with Crippen LogP contribution in [0.1, 0.15) is 22.3 Å². The zero-order valence-electron chi connectivity index (χ0n) is 15.7. The number of carbonyl (C=O) groups is 2. The maximum Gasteiger partial charge on any atom is 0.248 e. The van der Waals surface area contributed by atoms with Crippen molar-refractivity contribution in [2.75, 3.05) is 5.32 Å². The molecule has 0 atom stereocenters. The quantitative estimate of drug-likeness (QED) is 0.531. The Bertz CT molecular complexity index is 917. The van der Waals surface area contributed by atoms with E-state index in [-0.39, 0.29) is 17.6 Å². The summed E-state index contributed by atoms with van der Waals surface area (Å²) in [6, 6.07) is 22.3. The van der Waals surface area contributed by atoms with Crippen LogP contribution in [0.25, 0.3) is 0 Å². The van der Waals surface area contributed by atoms with Gasteiger partial charge in [0.05, 0.1) is 0 Å². The second kappa shape index (κ2) is 11.6. The van der Waals surface area contributed by atoms with Crippen LogP contribution in [0.4, 0.5) is 10.1 Å². The molecule has 0 aliphatic heterocycles. The molecule has 0 radical (unpaired) electrons. The van der Waals surface area contributed by atoms with Crippen LogP contribution in [0.2, 0.25) is 0 Å². The number of hydrogen-bond donors (Lipinski definition) is 3. The van der Waals surface area contributed by atoms with E-state index < -0.39 is 0 Å². The first-order valence-electron chi connectivity index (χ1n) is 8.84. The standard InChI is InChI=1S/C15H15FN2OS.C7H7NO/c16-12-4-1-11(2-5-12)3-10-15(19)18-13-6-8-14(20-17)9-7-13;8-7(9)6-4-2-1-3-5-6/h1-2,4-9H,3,10,17H2,(H,18,19);1-5H,(H2,8,9). The molecule has 150 valence electrons. The third kappa shape index (κ3) is 8.16. The van der Waals surface area contributed by atoms with Gasteiger partial charge in [-0.05, 0) is 72.5 Å². The molecule has 0 heterocycles. The molecule has 3 aromatic rings. The van der Waals surface area contributed by atoms with E-state index in [0.29, 0.717) is 18.4 Å². The van der Waals surface area contributed by atoms with E-state index in [1.165, 1.54) is 12.1 Å². The molecule has 0 bridgehead atoms. The Morgan fingerprint density at radius 3 is 2.03 bits per heavy atom. The summed E-state index contributed by atoms with van der Waals surface area (Å²) in [4.78, 5) is 23.2. The van der Waals surface area contributed by atoms with Gasteiger partial charge in [-0.25, -0.2) is 4.39 Å². The molecule has 0 unspecified atom stereocenters. The van der Waals surface area contributed by atoms with Crippen LogP contribution in [0.15, 0.2) is 83.8 Å². The highest BCUT2D eigenvalue weighted by molar-refractivity contribution is 7.97. The number of amides is 2. The molecule has 0 aliphatic rings. The number of carbonyl (C=O) groups excluding carboxylic acids is 2. The lowest BCUT2D eigenvalue weighted by Gasteiger charge is -2.06. The first kappa shape index (κ1) is 22.1. The van der Waals surface area contributed by atoms with Gasteiger partial charge >= 0.3 is 0 Å². The van der Waals surface area contributed by atoms with Crippen molar-refractivity contribution >= 4 is 29.4 Å². The van der Waals surface area contributed by atoms with Gasteiger partial charge in [0.2, 0.25) is 11.8 Å². The van der Waals surface area contributed by atoms with Crippen molar-refractivity contribution in [1.29, 1.82) is 0 Å². The first-order valence-corrected chi connectivity index (χ1v) is 9.72. The molecular formula is C22H22FN3O2S. The topological polar surface area (TPSA) is 98.2 Å². The molecule has 0 spiro atoms. The van der Waals surface area contributed by atoms with Crippen LogP contribution < -0.4 is 16.2 Å². The lowest BCUT2D eigenvalue weighted by molar-refractivity contribution is -0.116. The summed E-state index contributed by atoms with van der Waals surface area (Å²) >= 11 is 1.16. The van der Waals surface area contributed by atoms with Crippen molar-refractivity contribution in [1.82, 2.24) is 0 Å². The van der Waals surface area contributed by atoms with Gasteiger partial charge < -0.3 is 11.1 Å². The molecule has 0 aromatic heterocycles. The molecule has 5 N–H and O–H groups in total. The number of hydrogen-bond acceptors (Lipinski definition) is 4. The molecule has 0 saturated heterocycles. The second-order valence-corrected chi connectivity index (χ2v) is 6.75. The van der Waals surface area contributed by atoms with E-state index in [4.69, 9.17) is 10.9 Å². The van der Waals surface area contributed by atoms with Gasteiger partial charge in [0.25, 0.3) is 0 Å². The van der Waals surface area contributed by atoms with Crippen LogP contribution in [0.3, 0.4) is 0 Å². The highest BCUT2D eigenvalue weighted by atomic mass is 32.2. The van der Waals surface area contributed by atoms with Crippen molar-refractivity contribution in [2.24, 2.45) is 10.9 Å². The summed E-state index contributed by atoms with van der Waals surface area (Å²) in [6.07, 6.45) is 0.946. The monoisotopic (exact) mass is 411 g/mol. The fourth-order valence-corrected chi connectivity index (χ4v) is 2.64. The maximum absolute atomic E-state index is 12.7. The van der Waals surface area contributed by atoms with Crippen LogP contribution in [-0.4, -0.2) is 11.8 Å². The molecule has 5 nitrogen and oxygen atoms in total. The Labute approximate surface area is 173 Å². The Hall–Kier alpha value is -3.16. The minimum atomic E-state index is -0.379. The van der Waals surface area contributed by atoms with Crippen molar-refractivity contribution in [3.05, 3.63) is 95.8 Å². The van der Waals surface area contributed by atoms with E-state index in [1.54, 1.807) is 36.4 Å². The molecule has 0 saturated carbocycles. The van der Waals surface area contributed by atoms with E-state index in [9.17, 15) is 14.0 Å². The normalized spacial score (nSPS) is 9.86. The summed E-state index contributed by atoms with van der Waals surface area (Å²) in [7, 11) is 0. The molecule has 0 fully saturated rings. The first-order chi connectivity index (χ1) is 14.0. The van der Waals surface area contributed by atoms with Crippen molar-refractivity contribution in [3.8, 4) is 0 Å². The zero-order valence-corrected chi connectivity index (χ0v) is 16.5. The van der Waals surface area contributed by atoms with Gasteiger partial charge in [0.15, 0.2) is 0 Å². The third-order valence-electron chi connectivity index (χ3n) is 3.89. The van der Waals surface area contributed by atoms with Crippen molar-refractivity contribution < 1.29 is 14.0 Å². The predicted molar refractivity (Wildman–Crippen MR) is 115 cm³/mol. The van der Waals surface area contributed by atoms with E-state index >= 15 is 0 Å². The minimum absolute atomic E-state index is 0.0672. The number of primary amides is 1. The summed E-state index contributed by atoms with van der Waals surface area (Å²) < 4.78 is 12.7. The maximum atomic E-state index is 12.7. The van der Waals surface area contributed by atoms with Gasteiger partial charge in [-0.1, -0.05) is 30.3 Å². The van der Waals surface area contributed by atoms with Gasteiger partial charge in [0.1, 0.15) is 5.82 Å². The number of nitrogens with two attached hydrogens (primary N) is 2. The second-order valence-electron chi connectivity index (χ2n) is 6.05. The summed E-state index contributed by atoms with van der Waals surface area (Å²) in [5, 5.41) is 8.24. The van der Waals surface area contributed by atoms with Gasteiger partial charge in [-0.3, -0.25) is 14.7 Å². The number of rotatable bonds is 6. The van der Waals surface area contributed by atoms with Crippen LogP contribution in [0.5, 0.6) is 0 Å². The zero-order chi connectivity index (χ0) is 21.1. The number of anilines is 1. The highest BCUT2D eigenvalue weighted by Gasteiger charge is 2.03. The minimum Gasteiger partial charge on any atom is -0.366 e. The lowest BCUT2D eigenvalue weighted by atomic mass is 10.1. The summed E-state index contributed by atoms with van der Waals surface area (Å²) in [5.74, 6) is -0.714. The molecule has 0 aliphatic carbocycles. The average molecular weight is 412 g/mol. The lowest BCUT2D eigenvalue weighted by Crippen LogP contribution is -2.12. The molecular weight excluding hydrogens is 389 g/mol. The van der Waals surface area contributed by atoms with Crippen LogP contribution >= 0.6 is 11.9 Å². The van der Waals surface area contributed by atoms with Crippen LogP contribution in [-0.2, 0) is 11.2 Å². The highest BCUT2D eigenvalue weighted by Crippen LogP contribution is 2.16. The van der Waals surface area contributed by atoms with Gasteiger partial charge in [0, 0.05) is 22.6 Å². The molecule has 3 rings (SSSR count). The van der Waals surface area contributed by atoms with E-state index in [2.05, 4.69) is 5.32 Å². The number of aryl methyl sites for hydroxylation is 1. The molecule has 7 heteroatoms. The fourth-order valence-electron chi connectivity index (χ4n) is 2.35. The van der Waals surface area contributed by atoms with Crippen molar-refractivity contribution in [3.63, 3.8) is 0 Å². The largest absolute Gasteiger partial charge is 0.366 e. The predicted octanol–water partition coefficient (Wildman–Crippen LogP) is 4.15. The molecule has 3 aromatic carbocycles. The Balaban J connectivity index is 0.000000278. The number of benzene rings is 3. The van der Waals surface area contributed by atoms with Crippen LogP contribution in [0, 0.1) is 5.82 Å². The number of halogens is 1. The molecule has 29 heavy (non-hydrogen) atoms. The summed E-state index contributed by atoms with van der Waals surface area (Å²) in [6.45, 7) is 0. The van der Waals surface area contributed by atoms with Gasteiger partial charge in [-0.15, -0.1) is 0 Å². The fraction of sp³-hybridized carbons (Fsp3) is 0.0909. The Morgan fingerprint density at radius 1 is 0.897 bits per heavy atom. The van der Waals surface area contributed by atoms with E-state index in [0.717, 1.165) is 28.1 Å². The molecule has 2 amide bonds. The Kier molecular flexibility index (Phi) is 8.88. The average Bonchev–Trinajstić information content (AvgIpc) is 2.75. The van der Waals surface area contributed by atoms with Gasteiger partial charge in [-0.2, -0.15) is 0 Å².